The van der Waals surface area contributed by atoms with E-state index in [0.29, 0.717) is 11.5 Å². The van der Waals surface area contributed by atoms with Gasteiger partial charge >= 0.3 is 0 Å². The number of sulfonamides is 1. The number of aryl methyl sites for hydroxylation is 1. The van der Waals surface area contributed by atoms with Gasteiger partial charge < -0.3 is 5.32 Å². The van der Waals surface area contributed by atoms with Crippen LogP contribution in [0.5, 0.6) is 0 Å². The van der Waals surface area contributed by atoms with Crippen LogP contribution in [0.15, 0.2) is 59.5 Å². The van der Waals surface area contributed by atoms with Gasteiger partial charge in [0, 0.05) is 18.0 Å². The zero-order valence-corrected chi connectivity index (χ0v) is 15.1. The molecule has 3 aromatic rings. The van der Waals surface area contributed by atoms with Crippen LogP contribution in [0.25, 0.3) is 10.9 Å². The van der Waals surface area contributed by atoms with Gasteiger partial charge in [0.25, 0.3) is 10.0 Å². The van der Waals surface area contributed by atoms with E-state index in [-0.39, 0.29) is 10.8 Å². The predicted octanol–water partition coefficient (Wildman–Crippen LogP) is 2.81. The van der Waals surface area contributed by atoms with Crippen LogP contribution >= 0.6 is 0 Å². The van der Waals surface area contributed by atoms with E-state index in [1.807, 2.05) is 31.2 Å². The lowest BCUT2D eigenvalue weighted by molar-refractivity contribution is -0.114. The molecule has 0 aliphatic rings. The number of carbonyl (C=O) groups is 1. The number of aromatic nitrogens is 1. The summed E-state index contributed by atoms with van der Waals surface area (Å²) in [6.45, 7) is 3.32. The average Bonchev–Trinajstić information content (AvgIpc) is 2.60. The number of rotatable bonds is 5. The van der Waals surface area contributed by atoms with Crippen LogP contribution in [0.4, 0.5) is 11.5 Å². The first kappa shape index (κ1) is 17.8. The number of nitrogens with one attached hydrogen (secondary N) is 3. The zero-order chi connectivity index (χ0) is 18.7. The molecule has 0 atom stereocenters. The van der Waals surface area contributed by atoms with Crippen LogP contribution in [0.2, 0.25) is 0 Å². The molecule has 0 aliphatic carbocycles. The maximum absolute atomic E-state index is 12.4. The molecule has 0 saturated heterocycles. The summed E-state index contributed by atoms with van der Waals surface area (Å²) in [5.41, 5.74) is 4.92. The van der Waals surface area contributed by atoms with Crippen LogP contribution in [0.1, 0.15) is 12.5 Å². The second-order valence-corrected chi connectivity index (χ2v) is 7.46. The minimum absolute atomic E-state index is 0.0663. The van der Waals surface area contributed by atoms with Gasteiger partial charge in [0.15, 0.2) is 0 Å². The SMILES string of the molecule is CC(=O)Nc1ccc(S(=O)(=O)NNc2cc(C)c3ccccc3n2)cc1. The molecule has 1 heterocycles. The largest absolute Gasteiger partial charge is 0.326 e. The molecule has 0 bridgehead atoms. The van der Waals surface area contributed by atoms with Crippen LogP contribution in [0.3, 0.4) is 0 Å². The van der Waals surface area contributed by atoms with Crippen molar-refractivity contribution >= 4 is 38.3 Å². The van der Waals surface area contributed by atoms with Crippen molar-refractivity contribution in [1.82, 2.24) is 9.82 Å². The van der Waals surface area contributed by atoms with Gasteiger partial charge in [-0.2, -0.15) is 0 Å². The van der Waals surface area contributed by atoms with Crippen molar-refractivity contribution in [2.75, 3.05) is 10.7 Å². The summed E-state index contributed by atoms with van der Waals surface area (Å²) in [5, 5.41) is 3.59. The molecule has 0 saturated carbocycles. The number of benzene rings is 2. The molecule has 0 spiro atoms. The highest BCUT2D eigenvalue weighted by Crippen LogP contribution is 2.20. The fourth-order valence-electron chi connectivity index (χ4n) is 2.51. The van der Waals surface area contributed by atoms with Gasteiger partial charge in [-0.1, -0.05) is 18.2 Å². The molecule has 1 amide bonds. The molecule has 3 N–H and O–H groups in total. The normalized spacial score (nSPS) is 11.3. The molecule has 7 nitrogen and oxygen atoms in total. The molecular formula is C18H18N4O3S. The topological polar surface area (TPSA) is 100 Å². The van der Waals surface area contributed by atoms with E-state index in [2.05, 4.69) is 20.6 Å². The highest BCUT2D eigenvalue weighted by molar-refractivity contribution is 7.89. The Morgan fingerprint density at radius 2 is 1.73 bits per heavy atom. The van der Waals surface area contributed by atoms with Crippen molar-refractivity contribution < 1.29 is 13.2 Å². The average molecular weight is 370 g/mol. The number of fused-ring (bicyclic) bond motifs is 1. The Hall–Kier alpha value is -2.97. The monoisotopic (exact) mass is 370 g/mol. The quantitative estimate of drug-likeness (QED) is 0.600. The molecule has 2 aromatic carbocycles. The second-order valence-electron chi connectivity index (χ2n) is 5.78. The van der Waals surface area contributed by atoms with Gasteiger partial charge in [0.2, 0.25) is 5.91 Å². The van der Waals surface area contributed by atoms with Gasteiger partial charge in [-0.05, 0) is 48.9 Å². The predicted molar refractivity (Wildman–Crippen MR) is 101 cm³/mol. The Kier molecular flexibility index (Phi) is 4.88. The Bertz CT molecular complexity index is 1060. The first-order valence-electron chi connectivity index (χ1n) is 7.87. The smallest absolute Gasteiger partial charge is 0.257 e. The molecule has 0 aliphatic heterocycles. The third kappa shape index (κ3) is 3.98. The third-order valence-electron chi connectivity index (χ3n) is 3.72. The first-order valence-corrected chi connectivity index (χ1v) is 9.35. The molecule has 0 unspecified atom stereocenters. The molecule has 3 rings (SSSR count). The van der Waals surface area contributed by atoms with Gasteiger partial charge in [-0.25, -0.2) is 13.4 Å². The lowest BCUT2D eigenvalue weighted by Crippen LogP contribution is -2.30. The number of carbonyl (C=O) groups excluding carboxylic acids is 1. The summed E-state index contributed by atoms with van der Waals surface area (Å²) >= 11 is 0. The molecule has 8 heteroatoms. The molecule has 0 radical (unpaired) electrons. The Balaban J connectivity index is 1.77. The number of nitrogens with zero attached hydrogens (tertiary/aromatic N) is 1. The van der Waals surface area contributed by atoms with Crippen molar-refractivity contribution in [2.24, 2.45) is 0 Å². The second kappa shape index (κ2) is 7.11. The van der Waals surface area contributed by atoms with Crippen molar-refractivity contribution in [3.05, 3.63) is 60.2 Å². The summed E-state index contributed by atoms with van der Waals surface area (Å²) in [4.78, 5) is 17.8. The number of hydrazine groups is 1. The maximum Gasteiger partial charge on any atom is 0.257 e. The van der Waals surface area contributed by atoms with Gasteiger partial charge in [-0.3, -0.25) is 10.2 Å². The summed E-state index contributed by atoms with van der Waals surface area (Å²) < 4.78 is 24.8. The van der Waals surface area contributed by atoms with Crippen LogP contribution in [0, 0.1) is 6.92 Å². The van der Waals surface area contributed by atoms with Crippen LogP contribution in [-0.4, -0.2) is 19.3 Å². The highest BCUT2D eigenvalue weighted by atomic mass is 32.2. The van der Waals surface area contributed by atoms with E-state index in [1.54, 1.807) is 6.07 Å². The number of pyridine rings is 1. The number of hydrogen-bond donors (Lipinski definition) is 3. The minimum atomic E-state index is -3.78. The van der Waals surface area contributed by atoms with Crippen molar-refractivity contribution in [3.63, 3.8) is 0 Å². The van der Waals surface area contributed by atoms with Crippen LogP contribution < -0.4 is 15.6 Å². The van der Waals surface area contributed by atoms with Crippen molar-refractivity contribution in [2.45, 2.75) is 18.7 Å². The molecular weight excluding hydrogens is 352 g/mol. The summed E-state index contributed by atoms with van der Waals surface area (Å²) in [6.07, 6.45) is 0. The van der Waals surface area contributed by atoms with Gasteiger partial charge in [0.1, 0.15) is 5.82 Å². The van der Waals surface area contributed by atoms with Gasteiger partial charge in [-0.15, -0.1) is 4.83 Å². The van der Waals surface area contributed by atoms with Gasteiger partial charge in [0.05, 0.1) is 10.4 Å². The molecule has 134 valence electrons. The van der Waals surface area contributed by atoms with E-state index >= 15 is 0 Å². The Morgan fingerprint density at radius 3 is 2.42 bits per heavy atom. The van der Waals surface area contributed by atoms with E-state index in [4.69, 9.17) is 0 Å². The van der Waals surface area contributed by atoms with E-state index in [0.717, 1.165) is 16.5 Å². The summed E-state index contributed by atoms with van der Waals surface area (Å²) in [7, 11) is -3.78. The third-order valence-corrected chi connectivity index (χ3v) is 4.99. The fourth-order valence-corrected chi connectivity index (χ4v) is 3.36. The molecule has 0 fully saturated rings. The van der Waals surface area contributed by atoms with Crippen LogP contribution in [-0.2, 0) is 14.8 Å². The fraction of sp³-hybridized carbons (Fsp3) is 0.111. The lowest BCUT2D eigenvalue weighted by Gasteiger charge is -2.11. The number of anilines is 2. The zero-order valence-electron chi connectivity index (χ0n) is 14.3. The van der Waals surface area contributed by atoms with E-state index < -0.39 is 10.0 Å². The number of para-hydroxylation sites is 1. The Morgan fingerprint density at radius 1 is 1.04 bits per heavy atom. The van der Waals surface area contributed by atoms with E-state index in [9.17, 15) is 13.2 Å². The number of amides is 1. The van der Waals surface area contributed by atoms with Crippen molar-refractivity contribution in [3.8, 4) is 0 Å². The lowest BCUT2D eigenvalue weighted by atomic mass is 10.1. The summed E-state index contributed by atoms with van der Waals surface area (Å²) in [5.74, 6) is 0.179. The Labute approximate surface area is 151 Å². The molecule has 1 aromatic heterocycles. The standard InChI is InChI=1S/C18H18N4O3S/c1-12-11-18(20-17-6-4-3-5-16(12)17)21-22-26(24,25)15-9-7-14(8-10-15)19-13(2)23/h3-11,22H,1-2H3,(H,19,23)(H,20,21). The minimum Gasteiger partial charge on any atom is -0.326 e. The van der Waals surface area contributed by atoms with E-state index in [1.165, 1.54) is 31.2 Å². The highest BCUT2D eigenvalue weighted by Gasteiger charge is 2.14. The summed E-state index contributed by atoms with van der Waals surface area (Å²) in [6, 6.07) is 15.3. The molecule has 26 heavy (non-hydrogen) atoms. The van der Waals surface area contributed by atoms with Crippen molar-refractivity contribution in [1.29, 1.82) is 0 Å². The number of hydrogen-bond acceptors (Lipinski definition) is 5. The maximum atomic E-state index is 12.4. The first-order chi connectivity index (χ1) is 12.3.